The van der Waals surface area contributed by atoms with Crippen molar-refractivity contribution in [2.24, 2.45) is 0 Å². The van der Waals surface area contributed by atoms with Crippen LogP contribution in [0.2, 0.25) is 0 Å². The van der Waals surface area contributed by atoms with Gasteiger partial charge in [0.1, 0.15) is 17.4 Å². The van der Waals surface area contributed by atoms with Gasteiger partial charge in [0.05, 0.1) is 23.7 Å². The summed E-state index contributed by atoms with van der Waals surface area (Å²) in [6.45, 7) is 2.63. The second-order valence-corrected chi connectivity index (χ2v) is 7.32. The van der Waals surface area contributed by atoms with E-state index in [4.69, 9.17) is 10.00 Å². The summed E-state index contributed by atoms with van der Waals surface area (Å²) in [6.07, 6.45) is 3.67. The summed E-state index contributed by atoms with van der Waals surface area (Å²) in [5.74, 6) is 1.44. The topological polar surface area (TPSA) is 91.1 Å². The average Bonchev–Trinajstić information content (AvgIpc) is 2.79. The molecule has 3 aromatic rings. The zero-order chi connectivity index (χ0) is 20.8. The SMILES string of the molecule is N#Cc1ccc(OCC(=O)Nc2nc(CN3CCCCC3)nc3ccccc23)cc1. The summed E-state index contributed by atoms with van der Waals surface area (Å²) in [5.41, 5.74) is 1.35. The van der Waals surface area contributed by atoms with Crippen LogP contribution in [-0.4, -0.2) is 40.5 Å². The van der Waals surface area contributed by atoms with Gasteiger partial charge in [-0.1, -0.05) is 18.6 Å². The van der Waals surface area contributed by atoms with Crippen LogP contribution in [0.3, 0.4) is 0 Å². The van der Waals surface area contributed by atoms with Crippen LogP contribution in [0.4, 0.5) is 5.82 Å². The maximum absolute atomic E-state index is 12.5. The van der Waals surface area contributed by atoms with Crippen molar-refractivity contribution in [3.8, 4) is 11.8 Å². The molecule has 0 spiro atoms. The van der Waals surface area contributed by atoms with E-state index in [9.17, 15) is 4.79 Å². The van der Waals surface area contributed by atoms with Crippen LogP contribution in [0.25, 0.3) is 10.9 Å². The molecule has 1 amide bonds. The summed E-state index contributed by atoms with van der Waals surface area (Å²) >= 11 is 0. The molecule has 1 aliphatic heterocycles. The van der Waals surface area contributed by atoms with Crippen molar-refractivity contribution in [2.45, 2.75) is 25.8 Å². The lowest BCUT2D eigenvalue weighted by atomic mass is 10.1. The van der Waals surface area contributed by atoms with E-state index >= 15 is 0 Å². The van der Waals surface area contributed by atoms with E-state index in [1.54, 1.807) is 24.3 Å². The highest BCUT2D eigenvalue weighted by Crippen LogP contribution is 2.21. The largest absolute Gasteiger partial charge is 0.484 e. The fraction of sp³-hybridized carbons (Fsp3) is 0.304. The number of piperidine rings is 1. The second kappa shape index (κ2) is 9.33. The molecule has 7 heteroatoms. The van der Waals surface area contributed by atoms with Crippen LogP contribution in [0.5, 0.6) is 5.75 Å². The monoisotopic (exact) mass is 401 g/mol. The molecule has 30 heavy (non-hydrogen) atoms. The minimum atomic E-state index is -0.299. The summed E-state index contributed by atoms with van der Waals surface area (Å²) < 4.78 is 5.53. The molecule has 0 unspecified atom stereocenters. The highest BCUT2D eigenvalue weighted by atomic mass is 16.5. The number of nitrogens with one attached hydrogen (secondary N) is 1. The number of ether oxygens (including phenoxy) is 1. The third-order valence-electron chi connectivity index (χ3n) is 5.07. The van der Waals surface area contributed by atoms with Crippen molar-refractivity contribution in [2.75, 3.05) is 25.0 Å². The Balaban J connectivity index is 1.47. The molecular formula is C23H23N5O2. The Morgan fingerprint density at radius 1 is 1.07 bits per heavy atom. The van der Waals surface area contributed by atoms with Crippen LogP contribution >= 0.6 is 0 Å². The van der Waals surface area contributed by atoms with Gasteiger partial charge in [-0.3, -0.25) is 9.69 Å². The fourth-order valence-corrected chi connectivity index (χ4v) is 3.55. The Labute approximate surface area is 175 Å². The molecule has 1 N–H and O–H groups in total. The molecule has 1 aliphatic rings. The highest BCUT2D eigenvalue weighted by molar-refractivity contribution is 5.99. The lowest BCUT2D eigenvalue weighted by Crippen LogP contribution is -2.30. The first-order chi connectivity index (χ1) is 14.7. The van der Waals surface area contributed by atoms with E-state index in [0.29, 0.717) is 29.5 Å². The van der Waals surface area contributed by atoms with Crippen LogP contribution in [-0.2, 0) is 11.3 Å². The molecule has 1 aromatic heterocycles. The normalized spacial score (nSPS) is 14.2. The molecule has 1 fully saturated rings. The summed E-state index contributed by atoms with van der Waals surface area (Å²) in [6, 6.07) is 16.4. The predicted octanol–water partition coefficient (Wildman–Crippen LogP) is 3.50. The maximum Gasteiger partial charge on any atom is 0.263 e. The van der Waals surface area contributed by atoms with Gasteiger partial charge in [0.15, 0.2) is 6.61 Å². The van der Waals surface area contributed by atoms with Crippen LogP contribution < -0.4 is 10.1 Å². The lowest BCUT2D eigenvalue weighted by molar-refractivity contribution is -0.118. The molecule has 1 saturated heterocycles. The Morgan fingerprint density at radius 2 is 1.83 bits per heavy atom. The number of carbonyl (C=O) groups excluding carboxylic acids is 1. The van der Waals surface area contributed by atoms with Gasteiger partial charge in [-0.05, 0) is 62.3 Å². The standard InChI is InChI=1S/C23H23N5O2/c24-14-17-8-10-18(11-9-17)30-16-22(29)27-23-19-6-2-3-7-20(19)25-21(26-23)15-28-12-4-1-5-13-28/h2-3,6-11H,1,4-5,12-13,15-16H2,(H,25,26,27,29). The molecule has 0 atom stereocenters. The third-order valence-corrected chi connectivity index (χ3v) is 5.07. The number of amides is 1. The Kier molecular flexibility index (Phi) is 6.16. The molecule has 2 aromatic carbocycles. The number of nitriles is 1. The Morgan fingerprint density at radius 3 is 2.60 bits per heavy atom. The van der Waals surface area contributed by atoms with Gasteiger partial charge in [-0.15, -0.1) is 0 Å². The second-order valence-electron chi connectivity index (χ2n) is 7.32. The average molecular weight is 401 g/mol. The van der Waals surface area contributed by atoms with Crippen LogP contribution in [0, 0.1) is 11.3 Å². The molecule has 7 nitrogen and oxygen atoms in total. The van der Waals surface area contributed by atoms with E-state index < -0.39 is 0 Å². The number of benzene rings is 2. The number of anilines is 1. The number of nitrogens with zero attached hydrogens (tertiary/aromatic N) is 4. The van der Waals surface area contributed by atoms with Crippen LogP contribution in [0.15, 0.2) is 48.5 Å². The Bertz CT molecular complexity index is 1070. The van der Waals surface area contributed by atoms with Crippen LogP contribution in [0.1, 0.15) is 30.7 Å². The van der Waals surface area contributed by atoms with Gasteiger partial charge in [0, 0.05) is 5.39 Å². The van der Waals surface area contributed by atoms with Gasteiger partial charge >= 0.3 is 0 Å². The fourth-order valence-electron chi connectivity index (χ4n) is 3.55. The van der Waals surface area contributed by atoms with Crippen molar-refractivity contribution in [1.82, 2.24) is 14.9 Å². The van der Waals surface area contributed by atoms with E-state index in [1.807, 2.05) is 24.3 Å². The van der Waals surface area contributed by atoms with Gasteiger partial charge in [-0.2, -0.15) is 5.26 Å². The zero-order valence-corrected chi connectivity index (χ0v) is 16.7. The number of hydrogen-bond acceptors (Lipinski definition) is 6. The molecule has 0 bridgehead atoms. The lowest BCUT2D eigenvalue weighted by Gasteiger charge is -2.25. The predicted molar refractivity (Wildman–Crippen MR) is 114 cm³/mol. The summed E-state index contributed by atoms with van der Waals surface area (Å²) in [7, 11) is 0. The minimum absolute atomic E-state index is 0.147. The van der Waals surface area contributed by atoms with Crippen molar-refractivity contribution in [3.63, 3.8) is 0 Å². The highest BCUT2D eigenvalue weighted by Gasteiger charge is 2.15. The molecule has 2 heterocycles. The van der Waals surface area contributed by atoms with Gasteiger partial charge in [0.25, 0.3) is 5.91 Å². The van der Waals surface area contributed by atoms with E-state index in [2.05, 4.69) is 26.3 Å². The number of hydrogen-bond donors (Lipinski definition) is 1. The number of rotatable bonds is 6. The van der Waals surface area contributed by atoms with Gasteiger partial charge < -0.3 is 10.1 Å². The third kappa shape index (κ3) is 4.91. The minimum Gasteiger partial charge on any atom is -0.484 e. The van der Waals surface area contributed by atoms with Gasteiger partial charge in [-0.25, -0.2) is 9.97 Å². The molecular weight excluding hydrogens is 378 g/mol. The van der Waals surface area contributed by atoms with Gasteiger partial charge in [0.2, 0.25) is 0 Å². The van der Waals surface area contributed by atoms with E-state index in [-0.39, 0.29) is 12.5 Å². The number of fused-ring (bicyclic) bond motifs is 1. The molecule has 0 radical (unpaired) electrons. The summed E-state index contributed by atoms with van der Waals surface area (Å²) in [5, 5.41) is 12.5. The number of aromatic nitrogens is 2. The maximum atomic E-state index is 12.5. The van der Waals surface area contributed by atoms with Crippen molar-refractivity contribution in [3.05, 3.63) is 59.9 Å². The number of likely N-dealkylation sites (tertiary alicyclic amines) is 1. The number of para-hydroxylation sites is 1. The van der Waals surface area contributed by atoms with E-state index in [0.717, 1.165) is 24.0 Å². The molecule has 4 rings (SSSR count). The van der Waals surface area contributed by atoms with Crippen molar-refractivity contribution < 1.29 is 9.53 Å². The zero-order valence-electron chi connectivity index (χ0n) is 16.7. The van der Waals surface area contributed by atoms with Crippen molar-refractivity contribution in [1.29, 1.82) is 5.26 Å². The van der Waals surface area contributed by atoms with E-state index in [1.165, 1.54) is 19.3 Å². The quantitative estimate of drug-likeness (QED) is 0.680. The first-order valence-corrected chi connectivity index (χ1v) is 10.1. The number of carbonyl (C=O) groups is 1. The molecule has 0 saturated carbocycles. The molecule has 152 valence electrons. The first kappa shape index (κ1) is 19.8. The smallest absolute Gasteiger partial charge is 0.263 e. The first-order valence-electron chi connectivity index (χ1n) is 10.1. The Hall–Kier alpha value is -3.50. The van der Waals surface area contributed by atoms with Crippen molar-refractivity contribution >= 4 is 22.6 Å². The molecule has 0 aliphatic carbocycles. The summed E-state index contributed by atoms with van der Waals surface area (Å²) in [4.78, 5) is 24.2.